The average molecular weight is 268 g/mol. The van der Waals surface area contributed by atoms with Gasteiger partial charge in [-0.3, -0.25) is 4.90 Å². The summed E-state index contributed by atoms with van der Waals surface area (Å²) < 4.78 is 0. The SMILES string of the molecule is CCCNC1CCCCCCC1N(CCC)CCC. The van der Waals surface area contributed by atoms with Crippen LogP contribution in [-0.4, -0.2) is 36.6 Å². The van der Waals surface area contributed by atoms with Crippen LogP contribution in [0, 0.1) is 0 Å². The van der Waals surface area contributed by atoms with E-state index in [1.807, 2.05) is 0 Å². The zero-order chi connectivity index (χ0) is 13.9. The van der Waals surface area contributed by atoms with Crippen molar-refractivity contribution in [3.05, 3.63) is 0 Å². The summed E-state index contributed by atoms with van der Waals surface area (Å²) in [5.41, 5.74) is 0. The van der Waals surface area contributed by atoms with Crippen LogP contribution in [-0.2, 0) is 0 Å². The Balaban J connectivity index is 2.65. The van der Waals surface area contributed by atoms with Gasteiger partial charge in [-0.2, -0.15) is 0 Å². The highest BCUT2D eigenvalue weighted by atomic mass is 15.2. The Hall–Kier alpha value is -0.0800. The van der Waals surface area contributed by atoms with Crippen LogP contribution in [0.1, 0.15) is 78.6 Å². The zero-order valence-corrected chi connectivity index (χ0v) is 13.6. The molecule has 2 unspecified atom stereocenters. The second-order valence-electron chi connectivity index (χ2n) is 6.16. The van der Waals surface area contributed by atoms with Crippen LogP contribution >= 0.6 is 0 Å². The van der Waals surface area contributed by atoms with Crippen molar-refractivity contribution in [1.29, 1.82) is 0 Å². The lowest BCUT2D eigenvalue weighted by atomic mass is 9.90. The lowest BCUT2D eigenvalue weighted by molar-refractivity contribution is 0.133. The van der Waals surface area contributed by atoms with Crippen LogP contribution in [0.5, 0.6) is 0 Å². The molecule has 1 rings (SSSR count). The van der Waals surface area contributed by atoms with Gasteiger partial charge in [-0.25, -0.2) is 0 Å². The maximum absolute atomic E-state index is 3.84. The van der Waals surface area contributed by atoms with E-state index in [-0.39, 0.29) is 0 Å². The minimum Gasteiger partial charge on any atom is -0.312 e. The fraction of sp³-hybridized carbons (Fsp3) is 1.00. The molecule has 0 saturated heterocycles. The van der Waals surface area contributed by atoms with Crippen molar-refractivity contribution in [2.75, 3.05) is 19.6 Å². The maximum Gasteiger partial charge on any atom is 0.0249 e. The van der Waals surface area contributed by atoms with Crippen molar-refractivity contribution >= 4 is 0 Å². The van der Waals surface area contributed by atoms with E-state index in [0.29, 0.717) is 0 Å². The highest BCUT2D eigenvalue weighted by molar-refractivity contribution is 4.86. The van der Waals surface area contributed by atoms with Crippen molar-refractivity contribution < 1.29 is 0 Å². The van der Waals surface area contributed by atoms with Gasteiger partial charge in [0.15, 0.2) is 0 Å². The van der Waals surface area contributed by atoms with Gasteiger partial charge >= 0.3 is 0 Å². The number of nitrogens with one attached hydrogen (secondary N) is 1. The molecule has 1 fully saturated rings. The van der Waals surface area contributed by atoms with E-state index in [2.05, 4.69) is 31.0 Å². The van der Waals surface area contributed by atoms with Gasteiger partial charge in [0.1, 0.15) is 0 Å². The minimum absolute atomic E-state index is 0.735. The molecule has 0 radical (unpaired) electrons. The van der Waals surface area contributed by atoms with Gasteiger partial charge in [-0.15, -0.1) is 0 Å². The van der Waals surface area contributed by atoms with Crippen molar-refractivity contribution in [2.45, 2.75) is 90.6 Å². The molecule has 19 heavy (non-hydrogen) atoms. The summed E-state index contributed by atoms with van der Waals surface area (Å²) in [6.45, 7) is 10.7. The van der Waals surface area contributed by atoms with Gasteiger partial charge < -0.3 is 5.32 Å². The van der Waals surface area contributed by atoms with Gasteiger partial charge in [-0.1, -0.05) is 46.5 Å². The van der Waals surface area contributed by atoms with E-state index in [1.54, 1.807) is 0 Å². The third-order valence-corrected chi connectivity index (χ3v) is 4.38. The molecule has 1 saturated carbocycles. The molecule has 2 nitrogen and oxygen atoms in total. The predicted molar refractivity (Wildman–Crippen MR) is 85.7 cm³/mol. The Morgan fingerprint density at radius 1 is 0.842 bits per heavy atom. The first-order chi connectivity index (χ1) is 9.33. The second-order valence-corrected chi connectivity index (χ2v) is 6.16. The molecule has 1 aliphatic carbocycles. The Morgan fingerprint density at radius 3 is 2.05 bits per heavy atom. The molecule has 0 heterocycles. The molecule has 0 aromatic carbocycles. The van der Waals surface area contributed by atoms with Crippen LogP contribution in [0.15, 0.2) is 0 Å². The first kappa shape index (κ1) is 17.0. The molecule has 0 spiro atoms. The van der Waals surface area contributed by atoms with Gasteiger partial charge in [0.25, 0.3) is 0 Å². The molecule has 0 aliphatic heterocycles. The number of nitrogens with zero attached hydrogens (tertiary/aromatic N) is 1. The highest BCUT2D eigenvalue weighted by Crippen LogP contribution is 2.22. The molecule has 114 valence electrons. The summed E-state index contributed by atoms with van der Waals surface area (Å²) in [5, 5.41) is 3.84. The van der Waals surface area contributed by atoms with Crippen molar-refractivity contribution in [3.63, 3.8) is 0 Å². The Morgan fingerprint density at radius 2 is 1.47 bits per heavy atom. The molecule has 2 atom stereocenters. The van der Waals surface area contributed by atoms with Gasteiger partial charge in [0.05, 0.1) is 0 Å². The van der Waals surface area contributed by atoms with E-state index in [1.165, 1.54) is 77.4 Å². The Bertz CT molecular complexity index is 197. The number of rotatable bonds is 8. The summed E-state index contributed by atoms with van der Waals surface area (Å²) in [6.07, 6.45) is 12.4. The lowest BCUT2D eigenvalue weighted by Gasteiger charge is -2.39. The first-order valence-corrected chi connectivity index (χ1v) is 8.80. The maximum atomic E-state index is 3.84. The highest BCUT2D eigenvalue weighted by Gasteiger charge is 2.26. The zero-order valence-electron chi connectivity index (χ0n) is 13.6. The fourth-order valence-electron chi connectivity index (χ4n) is 3.49. The third-order valence-electron chi connectivity index (χ3n) is 4.38. The Kier molecular flexibility index (Phi) is 9.54. The summed E-state index contributed by atoms with van der Waals surface area (Å²) in [7, 11) is 0. The summed E-state index contributed by atoms with van der Waals surface area (Å²) >= 11 is 0. The van der Waals surface area contributed by atoms with Crippen LogP contribution < -0.4 is 5.32 Å². The van der Waals surface area contributed by atoms with Gasteiger partial charge in [0.2, 0.25) is 0 Å². The van der Waals surface area contributed by atoms with Crippen LogP contribution in [0.4, 0.5) is 0 Å². The van der Waals surface area contributed by atoms with E-state index < -0.39 is 0 Å². The molecule has 0 amide bonds. The van der Waals surface area contributed by atoms with Crippen molar-refractivity contribution in [2.24, 2.45) is 0 Å². The van der Waals surface area contributed by atoms with Gasteiger partial charge in [0, 0.05) is 12.1 Å². The largest absolute Gasteiger partial charge is 0.312 e. The monoisotopic (exact) mass is 268 g/mol. The predicted octanol–water partition coefficient (Wildman–Crippen LogP) is 4.20. The fourth-order valence-corrected chi connectivity index (χ4v) is 3.49. The molecule has 0 bridgehead atoms. The van der Waals surface area contributed by atoms with E-state index in [4.69, 9.17) is 0 Å². The summed E-state index contributed by atoms with van der Waals surface area (Å²) in [6, 6.07) is 1.52. The topological polar surface area (TPSA) is 15.3 Å². The molecule has 0 aromatic heterocycles. The first-order valence-electron chi connectivity index (χ1n) is 8.80. The standard InChI is InChI=1S/C17H36N2/c1-4-13-18-16-11-9-7-8-10-12-17(16)19(14-5-2)15-6-3/h16-18H,4-15H2,1-3H3. The van der Waals surface area contributed by atoms with E-state index >= 15 is 0 Å². The molecular weight excluding hydrogens is 232 g/mol. The van der Waals surface area contributed by atoms with Crippen molar-refractivity contribution in [3.8, 4) is 0 Å². The normalized spacial score (nSPS) is 25.3. The van der Waals surface area contributed by atoms with Crippen molar-refractivity contribution in [1.82, 2.24) is 10.2 Å². The second kappa shape index (κ2) is 10.7. The Labute approximate surface area is 121 Å². The molecular formula is C17H36N2. The summed E-state index contributed by atoms with van der Waals surface area (Å²) in [4.78, 5) is 2.78. The summed E-state index contributed by atoms with van der Waals surface area (Å²) in [5.74, 6) is 0. The molecule has 0 aromatic rings. The quantitative estimate of drug-likeness (QED) is 0.710. The van der Waals surface area contributed by atoms with Crippen LogP contribution in [0.25, 0.3) is 0 Å². The molecule has 1 N–H and O–H groups in total. The average Bonchev–Trinajstić information content (AvgIpc) is 2.38. The van der Waals surface area contributed by atoms with Crippen LogP contribution in [0.2, 0.25) is 0 Å². The third kappa shape index (κ3) is 6.27. The molecule has 1 aliphatic rings. The van der Waals surface area contributed by atoms with E-state index in [0.717, 1.165) is 12.1 Å². The minimum atomic E-state index is 0.735. The number of hydrogen-bond donors (Lipinski definition) is 1. The molecule has 2 heteroatoms. The lowest BCUT2D eigenvalue weighted by Crippen LogP contribution is -2.51. The number of hydrogen-bond acceptors (Lipinski definition) is 2. The van der Waals surface area contributed by atoms with Crippen LogP contribution in [0.3, 0.4) is 0 Å². The van der Waals surface area contributed by atoms with E-state index in [9.17, 15) is 0 Å². The smallest absolute Gasteiger partial charge is 0.0249 e. The van der Waals surface area contributed by atoms with Gasteiger partial charge in [-0.05, 0) is 51.7 Å².